The number of rotatable bonds is 0. The molecule has 106 valence electrons. The number of nitrogens with zero attached hydrogens (tertiary/aromatic N) is 3. The van der Waals surface area contributed by atoms with Gasteiger partial charge in [-0.3, -0.25) is 0 Å². The smallest absolute Gasteiger partial charge is 0.152 e. The van der Waals surface area contributed by atoms with E-state index in [-0.39, 0.29) is 0 Å². The molecule has 1 saturated carbocycles. The Morgan fingerprint density at radius 2 is 1.75 bits per heavy atom. The lowest BCUT2D eigenvalue weighted by Crippen LogP contribution is -1.97. The van der Waals surface area contributed by atoms with E-state index in [4.69, 9.17) is 0 Å². The van der Waals surface area contributed by atoms with Crippen molar-refractivity contribution in [1.82, 2.24) is 9.45 Å². The highest BCUT2D eigenvalue weighted by molar-refractivity contribution is 6.06. The Labute approximate surface area is 124 Å². The molecular weight excluding hydrogens is 262 g/mol. The van der Waals surface area contributed by atoms with Gasteiger partial charge in [-0.1, -0.05) is 44.4 Å². The molecule has 0 atom stereocenters. The minimum Gasteiger partial charge on any atom is -0.307 e. The molecule has 0 spiro atoms. The van der Waals surface area contributed by atoms with Crippen LogP contribution in [-0.4, -0.2) is 19.9 Å². The van der Waals surface area contributed by atoms with Gasteiger partial charge in [-0.25, -0.2) is 0 Å². The largest absolute Gasteiger partial charge is 0.307 e. The normalized spacial score (nSPS) is 17.4. The Kier molecular flexibility index (Phi) is 5.44. The van der Waals surface area contributed by atoms with Crippen LogP contribution in [0.3, 0.4) is 0 Å². The fourth-order valence-electron chi connectivity index (χ4n) is 2.78. The van der Waals surface area contributed by atoms with Gasteiger partial charge in [0.2, 0.25) is 0 Å². The van der Waals surface area contributed by atoms with E-state index >= 15 is 0 Å². The summed E-state index contributed by atoms with van der Waals surface area (Å²) in [6, 6.07) is 2.24. The molecule has 0 bridgehead atoms. The Balaban J connectivity index is 2.12. The summed E-state index contributed by atoms with van der Waals surface area (Å²) >= 11 is 0. The molecule has 4 heteroatoms. The fourth-order valence-corrected chi connectivity index (χ4v) is 3.20. The molecule has 20 heavy (non-hydrogen) atoms. The summed E-state index contributed by atoms with van der Waals surface area (Å²) < 4.78 is 1.88. The Hall–Kier alpha value is -1.52. The second-order valence-electron chi connectivity index (χ2n) is 5.71. The van der Waals surface area contributed by atoms with Gasteiger partial charge in [-0.2, -0.15) is 10.4 Å². The Morgan fingerprint density at radius 1 is 1.15 bits per heavy atom. The van der Waals surface area contributed by atoms with Crippen LogP contribution in [0.5, 0.6) is 0 Å². The van der Waals surface area contributed by atoms with Crippen LogP contribution in [0.15, 0.2) is 0 Å². The second-order valence-corrected chi connectivity index (χ2v) is 6.56. The molecular formula is C16H23N3Si. The van der Waals surface area contributed by atoms with Gasteiger partial charge in [0.1, 0.15) is 22.0 Å². The van der Waals surface area contributed by atoms with Crippen LogP contribution in [0.4, 0.5) is 0 Å². The molecule has 0 aliphatic heterocycles. The van der Waals surface area contributed by atoms with Crippen LogP contribution in [0.25, 0.3) is 0 Å². The number of hydrogen-bond donors (Lipinski definition) is 0. The molecule has 3 nitrogen and oxygen atoms in total. The molecule has 0 radical (unpaired) electrons. The molecule has 0 saturated heterocycles. The van der Waals surface area contributed by atoms with Crippen LogP contribution in [0.1, 0.15) is 68.3 Å². The number of hydrogen-bond acceptors (Lipinski definition) is 2. The summed E-state index contributed by atoms with van der Waals surface area (Å²) in [5.74, 6) is 7.05. The average Bonchev–Trinajstić information content (AvgIpc) is 2.79. The average molecular weight is 285 g/mol. The third kappa shape index (κ3) is 3.74. The fraction of sp³-hybridized carbons (Fsp3) is 0.625. The minimum atomic E-state index is 0.485. The molecule has 0 unspecified atom stereocenters. The van der Waals surface area contributed by atoms with Gasteiger partial charge in [-0.05, 0) is 25.7 Å². The molecule has 1 aromatic rings. The van der Waals surface area contributed by atoms with E-state index < -0.39 is 0 Å². The molecule has 1 fully saturated rings. The number of aromatic nitrogens is 2. The maximum atomic E-state index is 9.21. The predicted molar refractivity (Wildman–Crippen MR) is 84.3 cm³/mol. The molecule has 1 aromatic heterocycles. The number of nitriles is 1. The van der Waals surface area contributed by atoms with E-state index in [1.807, 2.05) is 11.3 Å². The maximum Gasteiger partial charge on any atom is 0.152 e. The third-order valence-electron chi connectivity index (χ3n) is 4.20. The lowest BCUT2D eigenvalue weighted by Gasteiger charge is -2.07. The molecule has 1 heterocycles. The van der Waals surface area contributed by atoms with E-state index in [0.29, 0.717) is 17.2 Å². The van der Waals surface area contributed by atoms with E-state index in [2.05, 4.69) is 23.0 Å². The van der Waals surface area contributed by atoms with Crippen LogP contribution >= 0.6 is 0 Å². The molecule has 2 rings (SSSR count). The SMILES string of the molecule is Cc1c(C#N)c(C#CC2CCCCCCCC2)nn1[SiH3]. The zero-order valence-corrected chi connectivity index (χ0v) is 14.6. The Morgan fingerprint density at radius 3 is 2.35 bits per heavy atom. The van der Waals surface area contributed by atoms with Crippen LogP contribution < -0.4 is 0 Å². The van der Waals surface area contributed by atoms with Gasteiger partial charge in [0.25, 0.3) is 0 Å². The highest BCUT2D eigenvalue weighted by atomic mass is 28.2. The van der Waals surface area contributed by atoms with Gasteiger partial charge in [-0.15, -0.1) is 0 Å². The first-order valence-electron chi connectivity index (χ1n) is 7.67. The zero-order valence-electron chi connectivity index (χ0n) is 12.6. The van der Waals surface area contributed by atoms with Crippen LogP contribution in [0, 0.1) is 36.0 Å². The minimum absolute atomic E-state index is 0.485. The zero-order chi connectivity index (χ0) is 14.4. The van der Waals surface area contributed by atoms with Gasteiger partial charge in [0.15, 0.2) is 5.69 Å². The molecule has 1 aliphatic carbocycles. The molecule has 0 N–H and O–H groups in total. The van der Waals surface area contributed by atoms with E-state index in [1.165, 1.54) is 51.4 Å². The standard InChI is InChI=1S/C16H23N3Si/c1-13-15(12-17)16(18-19(13)20)11-10-14-8-6-4-2-3-5-7-9-14/h14H,2-9H2,1,20H3. The summed E-state index contributed by atoms with van der Waals surface area (Å²) in [5.41, 5.74) is 2.30. The molecule has 0 aromatic carbocycles. The van der Waals surface area contributed by atoms with E-state index in [0.717, 1.165) is 16.1 Å². The van der Waals surface area contributed by atoms with Crippen molar-refractivity contribution in [3.05, 3.63) is 17.0 Å². The van der Waals surface area contributed by atoms with Crippen molar-refractivity contribution < 1.29 is 0 Å². The first-order chi connectivity index (χ1) is 9.72. The van der Waals surface area contributed by atoms with Crippen molar-refractivity contribution in [2.45, 2.75) is 58.3 Å². The first-order valence-corrected chi connectivity index (χ1v) is 8.57. The maximum absolute atomic E-state index is 9.21. The van der Waals surface area contributed by atoms with Gasteiger partial charge in [0, 0.05) is 11.6 Å². The van der Waals surface area contributed by atoms with Crippen molar-refractivity contribution in [3.8, 4) is 17.9 Å². The summed E-state index contributed by atoms with van der Waals surface area (Å²) in [7, 11) is 0.802. The lowest BCUT2D eigenvalue weighted by atomic mass is 9.97. The monoisotopic (exact) mass is 285 g/mol. The van der Waals surface area contributed by atoms with E-state index in [9.17, 15) is 5.26 Å². The van der Waals surface area contributed by atoms with E-state index in [1.54, 1.807) is 0 Å². The quantitative estimate of drug-likeness (QED) is 0.542. The van der Waals surface area contributed by atoms with Crippen LogP contribution in [0.2, 0.25) is 0 Å². The first kappa shape index (κ1) is 14.9. The summed E-state index contributed by atoms with van der Waals surface area (Å²) in [6.07, 6.45) is 10.4. The lowest BCUT2D eigenvalue weighted by molar-refractivity contribution is 0.525. The molecule has 0 amide bonds. The summed E-state index contributed by atoms with van der Waals surface area (Å²) in [6.45, 7) is 1.95. The topological polar surface area (TPSA) is 41.6 Å². The highest BCUT2D eigenvalue weighted by Gasteiger charge is 2.11. The molecule has 1 aliphatic rings. The van der Waals surface area contributed by atoms with Crippen LogP contribution in [-0.2, 0) is 0 Å². The Bertz CT molecular complexity index is 547. The van der Waals surface area contributed by atoms with Crippen molar-refractivity contribution in [2.75, 3.05) is 0 Å². The second kappa shape index (κ2) is 7.31. The van der Waals surface area contributed by atoms with Crippen molar-refractivity contribution in [3.63, 3.8) is 0 Å². The summed E-state index contributed by atoms with van der Waals surface area (Å²) in [5, 5.41) is 13.6. The summed E-state index contributed by atoms with van der Waals surface area (Å²) in [4.78, 5) is 0. The van der Waals surface area contributed by atoms with Crippen molar-refractivity contribution in [2.24, 2.45) is 5.92 Å². The van der Waals surface area contributed by atoms with Gasteiger partial charge >= 0.3 is 0 Å². The highest BCUT2D eigenvalue weighted by Crippen LogP contribution is 2.21. The van der Waals surface area contributed by atoms with Gasteiger partial charge < -0.3 is 4.35 Å². The van der Waals surface area contributed by atoms with Crippen molar-refractivity contribution in [1.29, 1.82) is 5.26 Å². The van der Waals surface area contributed by atoms with Crippen molar-refractivity contribution >= 4 is 10.4 Å². The predicted octanol–water partition coefficient (Wildman–Crippen LogP) is 2.29. The van der Waals surface area contributed by atoms with Gasteiger partial charge in [0.05, 0.1) is 0 Å². The third-order valence-corrected chi connectivity index (χ3v) is 5.07.